The summed E-state index contributed by atoms with van der Waals surface area (Å²) in [5, 5.41) is 3.50. The summed E-state index contributed by atoms with van der Waals surface area (Å²) in [6.07, 6.45) is 0. The van der Waals surface area contributed by atoms with Crippen LogP contribution >= 0.6 is 23.2 Å². The minimum Gasteiger partial charge on any atom is -0.493 e. The van der Waals surface area contributed by atoms with Gasteiger partial charge in [0.2, 0.25) is 5.75 Å². The number of halogens is 2. The zero-order valence-corrected chi connectivity index (χ0v) is 14.3. The van der Waals surface area contributed by atoms with E-state index in [1.54, 1.807) is 30.3 Å². The Morgan fingerprint density at radius 2 is 1.52 bits per heavy atom. The lowest BCUT2D eigenvalue weighted by Crippen LogP contribution is -2.12. The Hall–Kier alpha value is -2.11. The molecule has 0 unspecified atom stereocenters. The van der Waals surface area contributed by atoms with Crippen LogP contribution in [-0.4, -0.2) is 27.2 Å². The molecule has 0 atom stereocenters. The Labute approximate surface area is 144 Å². The highest BCUT2D eigenvalue weighted by Gasteiger charge is 2.17. The van der Waals surface area contributed by atoms with E-state index in [1.807, 2.05) is 0 Å². The summed E-state index contributed by atoms with van der Waals surface area (Å²) in [5.41, 5.74) is 0.878. The Kier molecular flexibility index (Phi) is 5.58. The summed E-state index contributed by atoms with van der Waals surface area (Å²) in [7, 11) is 4.46. The number of nitrogens with one attached hydrogen (secondary N) is 1. The van der Waals surface area contributed by atoms with Crippen molar-refractivity contribution in [2.75, 3.05) is 26.6 Å². The fourth-order valence-corrected chi connectivity index (χ4v) is 2.29. The fraction of sp³-hybridized carbons (Fsp3) is 0.188. The molecule has 23 heavy (non-hydrogen) atoms. The topological polar surface area (TPSA) is 56.8 Å². The second-order valence-corrected chi connectivity index (χ2v) is 5.31. The number of benzene rings is 2. The van der Waals surface area contributed by atoms with Crippen molar-refractivity contribution in [3.8, 4) is 17.2 Å². The molecule has 0 spiro atoms. The standard InChI is InChI=1S/C16H15Cl2NO4/c1-21-13-6-9(7-14(22-2)15(13)23-3)16(20)19-10-4-5-11(17)12(18)8-10/h4-8H,1-3H3,(H,19,20). The molecule has 0 fully saturated rings. The number of amides is 1. The summed E-state index contributed by atoms with van der Waals surface area (Å²) < 4.78 is 15.7. The van der Waals surface area contributed by atoms with Crippen molar-refractivity contribution >= 4 is 34.8 Å². The first-order chi connectivity index (χ1) is 11.0. The summed E-state index contributed by atoms with van der Waals surface area (Å²) in [5.74, 6) is 0.862. The van der Waals surface area contributed by atoms with Gasteiger partial charge in [-0.3, -0.25) is 4.79 Å². The fourth-order valence-electron chi connectivity index (χ4n) is 1.99. The van der Waals surface area contributed by atoms with Gasteiger partial charge in [-0.2, -0.15) is 0 Å². The average Bonchev–Trinajstić information content (AvgIpc) is 2.56. The van der Waals surface area contributed by atoms with E-state index in [2.05, 4.69) is 5.32 Å². The van der Waals surface area contributed by atoms with Gasteiger partial charge in [0.15, 0.2) is 11.5 Å². The van der Waals surface area contributed by atoms with Gasteiger partial charge in [-0.1, -0.05) is 23.2 Å². The van der Waals surface area contributed by atoms with Gasteiger partial charge in [0.05, 0.1) is 31.4 Å². The van der Waals surface area contributed by atoms with E-state index in [4.69, 9.17) is 37.4 Å². The van der Waals surface area contributed by atoms with Gasteiger partial charge in [0, 0.05) is 11.3 Å². The molecule has 0 bridgehead atoms. The van der Waals surface area contributed by atoms with Crippen molar-refractivity contribution < 1.29 is 19.0 Å². The lowest BCUT2D eigenvalue weighted by Gasteiger charge is -2.14. The molecular formula is C16H15Cl2NO4. The van der Waals surface area contributed by atoms with Gasteiger partial charge in [0.25, 0.3) is 5.91 Å². The van der Waals surface area contributed by atoms with Gasteiger partial charge >= 0.3 is 0 Å². The summed E-state index contributed by atoms with van der Waals surface area (Å²) in [6, 6.07) is 7.96. The maximum atomic E-state index is 12.4. The third kappa shape index (κ3) is 3.81. The number of methoxy groups -OCH3 is 3. The number of anilines is 1. The van der Waals surface area contributed by atoms with Gasteiger partial charge in [-0.05, 0) is 30.3 Å². The Morgan fingerprint density at radius 1 is 0.913 bits per heavy atom. The molecule has 7 heteroatoms. The van der Waals surface area contributed by atoms with Crippen LogP contribution < -0.4 is 19.5 Å². The van der Waals surface area contributed by atoms with Crippen LogP contribution in [0.15, 0.2) is 30.3 Å². The number of rotatable bonds is 5. The first-order valence-corrected chi connectivity index (χ1v) is 7.32. The highest BCUT2D eigenvalue weighted by Crippen LogP contribution is 2.38. The molecule has 122 valence electrons. The van der Waals surface area contributed by atoms with Crippen LogP contribution in [0.1, 0.15) is 10.4 Å². The predicted molar refractivity (Wildman–Crippen MR) is 90.5 cm³/mol. The SMILES string of the molecule is COc1cc(C(=O)Nc2ccc(Cl)c(Cl)c2)cc(OC)c1OC. The second-order valence-electron chi connectivity index (χ2n) is 4.50. The zero-order valence-electron chi connectivity index (χ0n) is 12.8. The Morgan fingerprint density at radius 3 is 2.00 bits per heavy atom. The molecular weight excluding hydrogens is 341 g/mol. The lowest BCUT2D eigenvalue weighted by molar-refractivity contribution is 0.102. The van der Waals surface area contributed by atoms with E-state index in [1.165, 1.54) is 21.3 Å². The van der Waals surface area contributed by atoms with Crippen molar-refractivity contribution in [1.82, 2.24) is 0 Å². The largest absolute Gasteiger partial charge is 0.493 e. The van der Waals surface area contributed by atoms with Crippen molar-refractivity contribution in [3.05, 3.63) is 45.9 Å². The van der Waals surface area contributed by atoms with E-state index in [9.17, 15) is 4.79 Å². The van der Waals surface area contributed by atoms with E-state index >= 15 is 0 Å². The molecule has 1 amide bonds. The van der Waals surface area contributed by atoms with Crippen LogP contribution in [0.3, 0.4) is 0 Å². The zero-order chi connectivity index (χ0) is 17.0. The number of carbonyl (C=O) groups excluding carboxylic acids is 1. The maximum absolute atomic E-state index is 12.4. The number of carbonyl (C=O) groups is 1. The van der Waals surface area contributed by atoms with Crippen LogP contribution in [0, 0.1) is 0 Å². The molecule has 0 saturated heterocycles. The molecule has 5 nitrogen and oxygen atoms in total. The Balaban J connectivity index is 2.33. The summed E-state index contributed by atoms with van der Waals surface area (Å²) >= 11 is 11.8. The summed E-state index contributed by atoms with van der Waals surface area (Å²) in [4.78, 5) is 12.4. The molecule has 2 aromatic rings. The number of hydrogen-bond donors (Lipinski definition) is 1. The molecule has 0 aliphatic rings. The highest BCUT2D eigenvalue weighted by molar-refractivity contribution is 6.42. The minimum atomic E-state index is -0.345. The van der Waals surface area contributed by atoms with Gasteiger partial charge in [-0.15, -0.1) is 0 Å². The first kappa shape index (κ1) is 17.2. The normalized spacial score (nSPS) is 10.1. The molecule has 0 aromatic heterocycles. The van der Waals surface area contributed by atoms with Crippen molar-refractivity contribution in [1.29, 1.82) is 0 Å². The van der Waals surface area contributed by atoms with Crippen molar-refractivity contribution in [2.24, 2.45) is 0 Å². The third-order valence-corrected chi connectivity index (χ3v) is 3.84. The molecule has 0 aliphatic carbocycles. The van der Waals surface area contributed by atoms with Crippen LogP contribution in [0.25, 0.3) is 0 Å². The molecule has 2 aromatic carbocycles. The van der Waals surface area contributed by atoms with E-state index in [0.717, 1.165) is 0 Å². The second kappa shape index (κ2) is 7.44. The van der Waals surface area contributed by atoms with Crippen molar-refractivity contribution in [2.45, 2.75) is 0 Å². The quantitative estimate of drug-likeness (QED) is 0.869. The molecule has 0 saturated carbocycles. The molecule has 0 aliphatic heterocycles. The van der Waals surface area contributed by atoms with E-state index < -0.39 is 0 Å². The lowest BCUT2D eigenvalue weighted by atomic mass is 10.1. The average molecular weight is 356 g/mol. The first-order valence-electron chi connectivity index (χ1n) is 6.56. The van der Waals surface area contributed by atoms with Crippen LogP contribution in [0.4, 0.5) is 5.69 Å². The van der Waals surface area contributed by atoms with Crippen LogP contribution in [0.5, 0.6) is 17.2 Å². The van der Waals surface area contributed by atoms with Gasteiger partial charge in [0.1, 0.15) is 0 Å². The maximum Gasteiger partial charge on any atom is 0.255 e. The molecule has 0 heterocycles. The smallest absolute Gasteiger partial charge is 0.255 e. The van der Waals surface area contributed by atoms with Crippen molar-refractivity contribution in [3.63, 3.8) is 0 Å². The van der Waals surface area contributed by atoms with Gasteiger partial charge < -0.3 is 19.5 Å². The Bertz CT molecular complexity index is 709. The number of hydrogen-bond acceptors (Lipinski definition) is 4. The minimum absolute atomic E-state index is 0.345. The predicted octanol–water partition coefficient (Wildman–Crippen LogP) is 4.27. The molecule has 1 N–H and O–H groups in total. The van der Waals surface area contributed by atoms with Crippen LogP contribution in [0.2, 0.25) is 10.0 Å². The number of ether oxygens (including phenoxy) is 3. The van der Waals surface area contributed by atoms with E-state index in [-0.39, 0.29) is 5.91 Å². The summed E-state index contributed by atoms with van der Waals surface area (Å²) in [6.45, 7) is 0. The van der Waals surface area contributed by atoms with E-state index in [0.29, 0.717) is 38.5 Å². The van der Waals surface area contributed by atoms with Gasteiger partial charge in [-0.25, -0.2) is 0 Å². The third-order valence-electron chi connectivity index (χ3n) is 3.10. The molecule has 2 rings (SSSR count). The van der Waals surface area contributed by atoms with Crippen LogP contribution in [-0.2, 0) is 0 Å². The highest BCUT2D eigenvalue weighted by atomic mass is 35.5. The monoisotopic (exact) mass is 355 g/mol. The molecule has 0 radical (unpaired) electrons.